The number of nitrogens with zero attached hydrogens (tertiary/aromatic N) is 7. The normalized spacial score (nSPS) is 23.4. The maximum atomic E-state index is 16.1. The highest BCUT2D eigenvalue weighted by atomic mass is 32.2. The fourth-order valence-corrected chi connectivity index (χ4v) is 13.1. The minimum atomic E-state index is -3.23. The lowest BCUT2D eigenvalue weighted by molar-refractivity contribution is -0.0592. The van der Waals surface area contributed by atoms with Crippen molar-refractivity contribution in [1.29, 1.82) is 4.78 Å². The second-order valence-corrected chi connectivity index (χ2v) is 22.3. The van der Waals surface area contributed by atoms with Crippen molar-refractivity contribution in [3.8, 4) is 17.2 Å². The summed E-state index contributed by atoms with van der Waals surface area (Å²) >= 11 is 0. The second-order valence-electron chi connectivity index (χ2n) is 20.0. The van der Waals surface area contributed by atoms with Crippen LogP contribution in [-0.2, 0) is 26.4 Å². The maximum absolute atomic E-state index is 16.1. The maximum Gasteiger partial charge on any atom is 0.438 e. The Labute approximate surface area is 390 Å². The van der Waals surface area contributed by atoms with E-state index in [1.807, 2.05) is 24.5 Å². The number of hydrogen-bond acceptors (Lipinski definition) is 9. The van der Waals surface area contributed by atoms with Gasteiger partial charge in [0.2, 0.25) is 0 Å². The molecule has 1 amide bonds. The van der Waals surface area contributed by atoms with Crippen LogP contribution in [0.4, 0.5) is 8.78 Å². The first-order chi connectivity index (χ1) is 32.4. The summed E-state index contributed by atoms with van der Waals surface area (Å²) in [6.45, 7) is 12.4. The SMILES string of the molecule is Cc1cc(-n2nc3c(c2-n2ccn(-c4ccc([S@](=N)(=O)C5CCC5)cc4F)c2=O)[C@H](C)N(C(=O)c2cc4cc([C@H]5CCOC(C)(C)C5)ccc4n2[C@@]2(c4noc(=O)[nH]4)C[C@@H]2C)CC3)cc(C)c1F. The first kappa shape index (κ1) is 44.1. The van der Waals surface area contributed by atoms with Crippen molar-refractivity contribution in [1.82, 2.24) is 38.5 Å². The summed E-state index contributed by atoms with van der Waals surface area (Å²) in [5, 5.41) is 9.75. The van der Waals surface area contributed by atoms with Gasteiger partial charge >= 0.3 is 11.4 Å². The molecule has 0 radical (unpaired) electrons. The molecule has 68 heavy (non-hydrogen) atoms. The van der Waals surface area contributed by atoms with Crippen molar-refractivity contribution in [2.45, 2.75) is 120 Å². The molecule has 18 heteroatoms. The first-order valence-corrected chi connectivity index (χ1v) is 24.9. The number of amides is 1. The Morgan fingerprint density at radius 2 is 1.69 bits per heavy atom. The highest BCUT2D eigenvalue weighted by Gasteiger charge is 2.59. The van der Waals surface area contributed by atoms with Crippen molar-refractivity contribution >= 4 is 26.5 Å². The van der Waals surface area contributed by atoms with Crippen LogP contribution in [0.1, 0.15) is 122 Å². The van der Waals surface area contributed by atoms with Gasteiger partial charge in [0.25, 0.3) is 5.91 Å². The molecule has 0 bridgehead atoms. The zero-order valence-electron chi connectivity index (χ0n) is 38.8. The van der Waals surface area contributed by atoms with Gasteiger partial charge in [0.15, 0.2) is 5.82 Å². The molecule has 354 valence electrons. The van der Waals surface area contributed by atoms with Crippen LogP contribution in [0, 0.1) is 36.2 Å². The Bertz CT molecular complexity index is 3440. The number of imidazole rings is 1. The van der Waals surface area contributed by atoms with E-state index in [0.717, 1.165) is 46.4 Å². The molecular formula is C50H53F2N9O6S. The van der Waals surface area contributed by atoms with Gasteiger partial charge in [-0.05, 0) is 144 Å². The Kier molecular flexibility index (Phi) is 10.1. The van der Waals surface area contributed by atoms with Gasteiger partial charge in [0.05, 0.1) is 43.3 Å². The van der Waals surface area contributed by atoms with Crippen LogP contribution < -0.4 is 11.4 Å². The van der Waals surface area contributed by atoms with E-state index < -0.39 is 38.6 Å². The Balaban J connectivity index is 1.04. The standard InChI is InChI=1S/C50H53F2N9O6S/c1-27-20-34(21-28(2)43(27)52)61-44(59-18-17-58(48(59)64)40-13-11-36(24-37(40)51)68(53,65)35-8-7-9-35)42-30(4)57(16-14-38(42)55-61)45(62)41-23-33-22-31(32-15-19-66-49(5,6)26-32)10-12-39(33)60(41)50(25-29(50)3)46-54-47(63)67-56-46/h10-13,17-18,20-24,29-30,32,35,53H,7-9,14-16,19,25-26H2,1-6H3,(H,54,56,63)/t29-,30-,32-,50-,68+/m0/s1. The van der Waals surface area contributed by atoms with Crippen molar-refractivity contribution in [2.75, 3.05) is 13.2 Å². The molecular weight excluding hydrogens is 893 g/mol. The van der Waals surface area contributed by atoms with Gasteiger partial charge in [-0.15, -0.1) is 0 Å². The van der Waals surface area contributed by atoms with E-state index in [2.05, 4.69) is 42.2 Å². The molecule has 2 aliphatic heterocycles. The van der Waals surface area contributed by atoms with Crippen LogP contribution in [0.25, 0.3) is 28.1 Å². The van der Waals surface area contributed by atoms with Crippen LogP contribution in [0.3, 0.4) is 0 Å². The monoisotopic (exact) mass is 945 g/mol. The average Bonchev–Trinajstić information content (AvgIpc) is 3.76. The third kappa shape index (κ3) is 6.79. The molecule has 5 atom stereocenters. The number of carbonyl (C=O) groups excluding carboxylic acids is 1. The van der Waals surface area contributed by atoms with E-state index in [9.17, 15) is 13.8 Å². The van der Waals surface area contributed by atoms with Gasteiger partial charge in [-0.1, -0.05) is 24.6 Å². The van der Waals surface area contributed by atoms with Crippen molar-refractivity contribution in [3.63, 3.8) is 0 Å². The summed E-state index contributed by atoms with van der Waals surface area (Å²) in [6, 6.07) is 14.8. The fraction of sp³-hybridized carbons (Fsp3) is 0.420. The second kappa shape index (κ2) is 15.6. The minimum Gasteiger partial charge on any atom is -0.376 e. The van der Waals surface area contributed by atoms with E-state index >= 15 is 13.6 Å². The quantitative estimate of drug-likeness (QED) is 0.145. The number of aryl methyl sites for hydroxylation is 2. The molecule has 1 saturated heterocycles. The van der Waals surface area contributed by atoms with Crippen LogP contribution in [-0.4, -0.2) is 72.6 Å². The first-order valence-electron chi connectivity index (χ1n) is 23.3. The van der Waals surface area contributed by atoms with Crippen LogP contribution >= 0.6 is 0 Å². The lowest BCUT2D eigenvalue weighted by Gasteiger charge is -2.35. The highest BCUT2D eigenvalue weighted by molar-refractivity contribution is 7.93. The molecule has 2 aliphatic carbocycles. The van der Waals surface area contributed by atoms with E-state index in [4.69, 9.17) is 19.1 Å². The van der Waals surface area contributed by atoms with E-state index in [-0.39, 0.29) is 51.5 Å². The zero-order chi connectivity index (χ0) is 47.8. The summed E-state index contributed by atoms with van der Waals surface area (Å²) < 4.78 is 70.4. The molecule has 15 nitrogen and oxygen atoms in total. The molecule has 2 N–H and O–H groups in total. The van der Waals surface area contributed by atoms with E-state index in [1.54, 1.807) is 35.6 Å². The third-order valence-corrected chi connectivity index (χ3v) is 17.5. The Morgan fingerprint density at radius 1 is 0.956 bits per heavy atom. The van der Waals surface area contributed by atoms with Gasteiger partial charge in [-0.25, -0.2) is 32.0 Å². The minimum absolute atomic E-state index is 0.0185. The number of fused-ring (bicyclic) bond motifs is 2. The smallest absolute Gasteiger partial charge is 0.376 e. The lowest BCUT2D eigenvalue weighted by Crippen LogP contribution is -2.41. The topological polar surface area (TPSA) is 179 Å². The number of benzene rings is 3. The van der Waals surface area contributed by atoms with Crippen LogP contribution in [0.5, 0.6) is 0 Å². The molecule has 11 rings (SSSR count). The van der Waals surface area contributed by atoms with Gasteiger partial charge in [-0.2, -0.15) is 5.10 Å². The van der Waals surface area contributed by atoms with E-state index in [0.29, 0.717) is 77.7 Å². The number of halogens is 2. The molecule has 0 unspecified atom stereocenters. The van der Waals surface area contributed by atoms with Gasteiger partial charge < -0.3 is 14.2 Å². The molecule has 4 aromatic heterocycles. The third-order valence-electron chi connectivity index (χ3n) is 15.2. The lowest BCUT2D eigenvalue weighted by atomic mass is 9.83. The van der Waals surface area contributed by atoms with Gasteiger partial charge in [-0.3, -0.25) is 23.4 Å². The number of hydrogen-bond donors (Lipinski definition) is 2. The molecule has 4 aliphatic rings. The van der Waals surface area contributed by atoms with Gasteiger partial charge in [0.1, 0.15) is 28.7 Å². The highest BCUT2D eigenvalue weighted by Crippen LogP contribution is 2.56. The summed E-state index contributed by atoms with van der Waals surface area (Å²) in [5.41, 5.74) is 2.90. The number of aromatic nitrogens is 7. The predicted octanol–water partition coefficient (Wildman–Crippen LogP) is 8.51. The number of H-pyrrole nitrogens is 1. The zero-order valence-corrected chi connectivity index (χ0v) is 39.6. The van der Waals surface area contributed by atoms with Crippen molar-refractivity contribution in [3.05, 3.63) is 139 Å². The predicted molar refractivity (Wildman–Crippen MR) is 250 cm³/mol. The van der Waals surface area contributed by atoms with Crippen molar-refractivity contribution in [2.24, 2.45) is 5.92 Å². The Morgan fingerprint density at radius 3 is 2.34 bits per heavy atom. The molecule has 6 heterocycles. The molecule has 7 aromatic rings. The van der Waals surface area contributed by atoms with Crippen LogP contribution in [0.15, 0.2) is 86.0 Å². The molecule has 3 aromatic carbocycles. The number of aromatic amines is 1. The average molecular weight is 946 g/mol. The largest absolute Gasteiger partial charge is 0.438 e. The fourth-order valence-electron chi connectivity index (χ4n) is 11.2. The van der Waals surface area contributed by atoms with Crippen molar-refractivity contribution < 1.29 is 27.0 Å². The molecule has 2 saturated carbocycles. The van der Waals surface area contributed by atoms with Gasteiger partial charge in [0, 0.05) is 53.7 Å². The summed E-state index contributed by atoms with van der Waals surface area (Å²) in [4.78, 5) is 47.4. The molecule has 0 spiro atoms. The summed E-state index contributed by atoms with van der Waals surface area (Å²) in [7, 11) is -3.23. The summed E-state index contributed by atoms with van der Waals surface area (Å²) in [5.74, 6) is -1.28. The molecule has 3 fully saturated rings. The number of rotatable bonds is 9. The summed E-state index contributed by atoms with van der Waals surface area (Å²) in [6.07, 6.45) is 7.72. The number of nitrogens with one attached hydrogen (secondary N) is 2. The number of carbonyl (C=O) groups is 1. The van der Waals surface area contributed by atoms with Crippen LogP contribution in [0.2, 0.25) is 0 Å². The Hall–Kier alpha value is -6.40. The van der Waals surface area contributed by atoms with E-state index in [1.165, 1.54) is 29.1 Å². The number of ether oxygens (including phenoxy) is 1.